The van der Waals surface area contributed by atoms with Gasteiger partial charge in [-0.25, -0.2) is 9.59 Å². The summed E-state index contributed by atoms with van der Waals surface area (Å²) in [6, 6.07) is 0. The number of aliphatic hydroxyl groups is 4. The summed E-state index contributed by atoms with van der Waals surface area (Å²) < 4.78 is 47.2. The van der Waals surface area contributed by atoms with Gasteiger partial charge in [-0.3, -0.25) is 9.59 Å². The van der Waals surface area contributed by atoms with E-state index in [0.29, 0.717) is 23.1 Å². The largest absolute Gasteiger partial charge is 0.505 e. The van der Waals surface area contributed by atoms with E-state index in [4.69, 9.17) is 61.1 Å². The number of Topliss-reactive ketones (excluding diaryl/α,β-unsaturated/α-hetero) is 1. The standard InChI is InChI=1S/C52H72Cl2O18/c1-13-30-22-26(6)33(56)18-16-15-17-31(23-66-51-45(65-12)42(61)44(29(9)67-51)69-49(64)35-32(14-2)36(53)39(58)37(54)38(35)57)48(63)68-34(28(8)55)20-19-25(5)21-27(7)43(30)70-50-41(60)40(59)46(52(10,11)72-50)71-47(62)24(3)4/h15-17,19,21-22,24,28-30,33-34,40-41,43-46,50-51,55-60H,13-14,18,20,23H2,1-12H3/b16-15+,25-19+,26-22+,27-21+,31-17+/t28-,29-,30+,33+,34+,40-,41+,43+,44-,45+,46+,50-,51-/m1/s1. The summed E-state index contributed by atoms with van der Waals surface area (Å²) >= 11 is 12.2. The van der Waals surface area contributed by atoms with Gasteiger partial charge in [-0.2, -0.15) is 0 Å². The number of benzene rings is 1. The Kier molecular flexibility index (Phi) is 22.1. The molecule has 0 saturated carbocycles. The average Bonchev–Trinajstić information content (AvgIpc) is 3.32. The van der Waals surface area contributed by atoms with Crippen LogP contribution in [-0.4, -0.2) is 147 Å². The Hall–Kier alpha value is -4.18. The minimum absolute atomic E-state index is 0.0298. The number of allylic oxidation sites excluding steroid dienone is 4. The number of aromatic hydroxyl groups is 2. The van der Waals surface area contributed by atoms with Gasteiger partial charge in [-0.05, 0) is 90.5 Å². The Morgan fingerprint density at radius 2 is 1.57 bits per heavy atom. The second-order valence-corrected chi connectivity index (χ2v) is 19.9. The van der Waals surface area contributed by atoms with Crippen LogP contribution in [0, 0.1) is 11.8 Å². The number of cyclic esters (lactones) is 1. The number of aliphatic hydroxyl groups excluding tert-OH is 4. The molecular weight excluding hydrogens is 983 g/mol. The molecule has 2 saturated heterocycles. The van der Waals surface area contributed by atoms with Crippen molar-refractivity contribution in [1.29, 1.82) is 0 Å². The highest BCUT2D eigenvalue weighted by Gasteiger charge is 2.53. The van der Waals surface area contributed by atoms with Crippen molar-refractivity contribution in [2.75, 3.05) is 13.7 Å². The molecule has 20 heteroatoms. The zero-order valence-electron chi connectivity index (χ0n) is 42.9. The predicted octanol–water partition coefficient (Wildman–Crippen LogP) is 6.44. The molecule has 1 aromatic rings. The maximum absolute atomic E-state index is 13.9. The second kappa shape index (κ2) is 26.3. The van der Waals surface area contributed by atoms with Gasteiger partial charge in [0.1, 0.15) is 40.6 Å². The fourth-order valence-corrected chi connectivity index (χ4v) is 9.00. The molecule has 0 bridgehead atoms. The van der Waals surface area contributed by atoms with Gasteiger partial charge in [0.2, 0.25) is 5.78 Å². The molecular formula is C52H72Cl2O18. The first kappa shape index (κ1) is 60.4. The number of phenols is 2. The average molecular weight is 1060 g/mol. The monoisotopic (exact) mass is 1050 g/mol. The zero-order valence-corrected chi connectivity index (χ0v) is 44.4. The van der Waals surface area contributed by atoms with Gasteiger partial charge in [-0.15, -0.1) is 0 Å². The highest BCUT2D eigenvalue weighted by molar-refractivity contribution is 6.39. The van der Waals surface area contributed by atoms with Crippen LogP contribution in [0.5, 0.6) is 11.5 Å². The van der Waals surface area contributed by atoms with E-state index in [1.54, 1.807) is 60.6 Å². The molecule has 402 valence electrons. The maximum Gasteiger partial charge on any atom is 0.343 e. The van der Waals surface area contributed by atoms with Crippen LogP contribution in [0.3, 0.4) is 0 Å². The molecule has 0 spiro atoms. The number of halogens is 2. The van der Waals surface area contributed by atoms with Crippen molar-refractivity contribution in [2.45, 2.75) is 181 Å². The number of ketones is 1. The van der Waals surface area contributed by atoms with Crippen LogP contribution in [0.15, 0.2) is 58.7 Å². The highest BCUT2D eigenvalue weighted by Crippen LogP contribution is 2.45. The summed E-state index contributed by atoms with van der Waals surface area (Å²) in [5, 5.41) is 64.9. The molecule has 13 atom stereocenters. The van der Waals surface area contributed by atoms with Crippen molar-refractivity contribution >= 4 is 46.9 Å². The van der Waals surface area contributed by atoms with E-state index < -0.39 is 143 Å². The molecule has 0 amide bonds. The summed E-state index contributed by atoms with van der Waals surface area (Å²) in [5.41, 5.74) is 0.192. The summed E-state index contributed by atoms with van der Waals surface area (Å²) in [5.74, 6) is -5.70. The van der Waals surface area contributed by atoms with Crippen molar-refractivity contribution in [2.24, 2.45) is 11.8 Å². The fourth-order valence-electron chi connectivity index (χ4n) is 8.44. The number of ether oxygens (including phenoxy) is 8. The third-order valence-corrected chi connectivity index (χ3v) is 13.6. The zero-order chi connectivity index (χ0) is 54.1. The van der Waals surface area contributed by atoms with Crippen LogP contribution in [-0.2, 0) is 58.7 Å². The third-order valence-electron chi connectivity index (χ3n) is 12.8. The predicted molar refractivity (Wildman–Crippen MR) is 264 cm³/mol. The molecule has 1 aromatic carbocycles. The van der Waals surface area contributed by atoms with Crippen LogP contribution < -0.4 is 0 Å². The summed E-state index contributed by atoms with van der Waals surface area (Å²) in [4.78, 5) is 53.8. The molecule has 18 nitrogen and oxygen atoms in total. The van der Waals surface area contributed by atoms with Crippen LogP contribution in [0.2, 0.25) is 10.0 Å². The van der Waals surface area contributed by atoms with Gasteiger partial charge < -0.3 is 68.5 Å². The number of methoxy groups -OCH3 is 1. The first-order valence-electron chi connectivity index (χ1n) is 24.0. The number of hydrogen-bond acceptors (Lipinski definition) is 18. The molecule has 3 heterocycles. The van der Waals surface area contributed by atoms with Crippen LogP contribution in [0.25, 0.3) is 0 Å². The van der Waals surface area contributed by atoms with E-state index >= 15 is 0 Å². The smallest absolute Gasteiger partial charge is 0.343 e. The fraction of sp³-hybridized carbons (Fsp3) is 0.615. The van der Waals surface area contributed by atoms with Crippen molar-refractivity contribution in [1.82, 2.24) is 0 Å². The second-order valence-electron chi connectivity index (χ2n) is 19.2. The molecule has 2 fully saturated rings. The maximum atomic E-state index is 13.9. The number of rotatable bonds is 13. The number of carbonyl (C=O) groups excluding carboxylic acids is 4. The number of carbonyl (C=O) groups is 4. The lowest BCUT2D eigenvalue weighted by atomic mass is 9.88. The third kappa shape index (κ3) is 14.6. The molecule has 0 radical (unpaired) electrons. The highest BCUT2D eigenvalue weighted by atomic mass is 35.5. The van der Waals surface area contributed by atoms with Crippen molar-refractivity contribution in [3.63, 3.8) is 0 Å². The minimum atomic E-state index is -1.61. The Labute approximate surface area is 431 Å². The normalized spacial score (nSPS) is 33.8. The summed E-state index contributed by atoms with van der Waals surface area (Å²) in [7, 11) is 1.20. The summed E-state index contributed by atoms with van der Waals surface area (Å²) in [6.45, 7) is 17.9. The van der Waals surface area contributed by atoms with Crippen molar-refractivity contribution in [3.05, 3.63) is 79.9 Å². The van der Waals surface area contributed by atoms with E-state index in [0.717, 1.165) is 0 Å². The molecule has 0 aliphatic carbocycles. The molecule has 72 heavy (non-hydrogen) atoms. The quantitative estimate of drug-likeness (QED) is 0.0705. The molecule has 3 aliphatic rings. The van der Waals surface area contributed by atoms with E-state index in [9.17, 15) is 49.8 Å². The Morgan fingerprint density at radius 1 is 0.903 bits per heavy atom. The Bertz CT molecular complexity index is 2260. The topological polar surface area (TPSA) is 263 Å². The Morgan fingerprint density at radius 3 is 2.17 bits per heavy atom. The Balaban J connectivity index is 1.61. The SMILES string of the molecule is CCc1c(Cl)c(O)c(Cl)c(O)c1C(=O)O[C@H]1C(=O)[C@H](OC)[C@H](OC/C2=C\C=C\C[C@H](O)/C(C)=C/[C@H](CC)[C@@H](O[C@@H]3OC(C)(C)[C@@H](OC(=O)C(C)C)[C@H](O)[C@@H]3O)/C(C)=C/C(C)=C/C[C@@H]([C@@H](C)O)OC2=O)O[C@@H]1C. The van der Waals surface area contributed by atoms with E-state index in [2.05, 4.69) is 0 Å². The van der Waals surface area contributed by atoms with Crippen LogP contribution in [0.4, 0.5) is 0 Å². The van der Waals surface area contributed by atoms with Gasteiger partial charge in [0.25, 0.3) is 0 Å². The first-order chi connectivity index (χ1) is 33.7. The van der Waals surface area contributed by atoms with Gasteiger partial charge in [0.05, 0.1) is 41.4 Å². The first-order valence-corrected chi connectivity index (χ1v) is 24.8. The molecule has 4 rings (SSSR count). The molecule has 0 unspecified atom stereocenters. The van der Waals surface area contributed by atoms with Gasteiger partial charge in [-0.1, -0.05) is 86.9 Å². The summed E-state index contributed by atoms with van der Waals surface area (Å²) in [6.07, 6.45) is -4.65. The van der Waals surface area contributed by atoms with Gasteiger partial charge in [0, 0.05) is 19.4 Å². The van der Waals surface area contributed by atoms with Crippen LogP contribution in [0.1, 0.15) is 111 Å². The van der Waals surface area contributed by atoms with Crippen molar-refractivity contribution in [3.8, 4) is 11.5 Å². The minimum Gasteiger partial charge on any atom is -0.505 e. The lowest BCUT2D eigenvalue weighted by molar-refractivity contribution is -0.333. The number of esters is 3. The lowest BCUT2D eigenvalue weighted by Crippen LogP contribution is -2.64. The number of phenolic OH excluding ortho intramolecular Hbond substituents is 2. The van der Waals surface area contributed by atoms with Gasteiger partial charge >= 0.3 is 17.9 Å². The van der Waals surface area contributed by atoms with E-state index in [-0.39, 0.29) is 35.4 Å². The lowest BCUT2D eigenvalue weighted by Gasteiger charge is -2.47. The van der Waals surface area contributed by atoms with E-state index in [1.807, 2.05) is 26.0 Å². The molecule has 0 aromatic heterocycles. The van der Waals surface area contributed by atoms with Crippen molar-refractivity contribution < 1.29 is 87.7 Å². The molecule has 3 aliphatic heterocycles. The van der Waals surface area contributed by atoms with Gasteiger partial charge in [0.15, 0.2) is 42.4 Å². The van der Waals surface area contributed by atoms with Crippen LogP contribution >= 0.6 is 23.2 Å². The number of hydrogen-bond donors (Lipinski definition) is 6. The van der Waals surface area contributed by atoms with E-state index in [1.165, 1.54) is 33.1 Å². The molecule has 6 N–H and O–H groups in total.